The molecule has 7 heteroatoms. The Labute approximate surface area is 182 Å². The summed E-state index contributed by atoms with van der Waals surface area (Å²) in [5.41, 5.74) is 3.72. The van der Waals surface area contributed by atoms with Crippen LogP contribution >= 0.6 is 0 Å². The number of benzene rings is 2. The van der Waals surface area contributed by atoms with Gasteiger partial charge in [0.25, 0.3) is 5.91 Å². The molecule has 2 aromatic carbocycles. The first-order valence-electron chi connectivity index (χ1n) is 10.5. The third-order valence-corrected chi connectivity index (χ3v) is 5.47. The molecule has 0 saturated carbocycles. The van der Waals surface area contributed by atoms with Crippen molar-refractivity contribution in [1.82, 2.24) is 15.2 Å². The number of methoxy groups -OCH3 is 1. The van der Waals surface area contributed by atoms with Crippen molar-refractivity contribution in [2.24, 2.45) is 0 Å². The van der Waals surface area contributed by atoms with E-state index in [-0.39, 0.29) is 5.91 Å². The van der Waals surface area contributed by atoms with Crippen molar-refractivity contribution in [3.8, 4) is 5.75 Å². The molecule has 0 spiro atoms. The van der Waals surface area contributed by atoms with Crippen molar-refractivity contribution in [2.75, 3.05) is 38.2 Å². The van der Waals surface area contributed by atoms with Crippen molar-refractivity contribution in [2.45, 2.75) is 20.0 Å². The van der Waals surface area contributed by atoms with Crippen LogP contribution in [-0.4, -0.2) is 49.1 Å². The SMILES string of the molecule is COc1cccc(N2CCN(Cc3nc(C(=O)NCc4cccc(C)c4)co3)CC2)c1. The summed E-state index contributed by atoms with van der Waals surface area (Å²) in [4.78, 5) is 21.4. The highest BCUT2D eigenvalue weighted by Gasteiger charge is 2.20. The van der Waals surface area contributed by atoms with Gasteiger partial charge in [0.05, 0.1) is 13.7 Å². The number of ether oxygens (including phenoxy) is 1. The molecule has 2 heterocycles. The number of aromatic nitrogens is 1. The van der Waals surface area contributed by atoms with Crippen LogP contribution in [0.5, 0.6) is 5.75 Å². The maximum absolute atomic E-state index is 12.4. The van der Waals surface area contributed by atoms with Crippen LogP contribution in [0.3, 0.4) is 0 Å². The van der Waals surface area contributed by atoms with E-state index in [1.54, 1.807) is 7.11 Å². The fraction of sp³-hybridized carbons (Fsp3) is 0.333. The van der Waals surface area contributed by atoms with Crippen molar-refractivity contribution >= 4 is 11.6 Å². The Morgan fingerprint density at radius 1 is 1.13 bits per heavy atom. The predicted octanol–water partition coefficient (Wildman–Crippen LogP) is 3.24. The maximum atomic E-state index is 12.4. The lowest BCUT2D eigenvalue weighted by Crippen LogP contribution is -2.46. The number of nitrogens with one attached hydrogen (secondary N) is 1. The zero-order valence-electron chi connectivity index (χ0n) is 18.0. The van der Waals surface area contributed by atoms with Gasteiger partial charge in [-0.1, -0.05) is 35.9 Å². The first-order chi connectivity index (χ1) is 15.1. The lowest BCUT2D eigenvalue weighted by molar-refractivity contribution is 0.0945. The van der Waals surface area contributed by atoms with E-state index in [4.69, 9.17) is 9.15 Å². The molecule has 4 rings (SSSR count). The Bertz CT molecular complexity index is 1020. The predicted molar refractivity (Wildman–Crippen MR) is 119 cm³/mol. The Kier molecular flexibility index (Phi) is 6.52. The minimum atomic E-state index is -0.223. The van der Waals surface area contributed by atoms with E-state index in [2.05, 4.69) is 38.3 Å². The van der Waals surface area contributed by atoms with Crippen LogP contribution in [-0.2, 0) is 13.1 Å². The number of anilines is 1. The molecule has 1 aliphatic rings. The molecule has 162 valence electrons. The van der Waals surface area contributed by atoms with Crippen LogP contribution in [0, 0.1) is 6.92 Å². The topological polar surface area (TPSA) is 70.8 Å². The van der Waals surface area contributed by atoms with Crippen molar-refractivity contribution in [3.63, 3.8) is 0 Å². The molecule has 3 aromatic rings. The Morgan fingerprint density at radius 3 is 2.71 bits per heavy atom. The highest BCUT2D eigenvalue weighted by Crippen LogP contribution is 2.22. The van der Waals surface area contributed by atoms with Gasteiger partial charge in [-0.2, -0.15) is 0 Å². The number of carbonyl (C=O) groups is 1. The Balaban J connectivity index is 1.27. The van der Waals surface area contributed by atoms with Gasteiger partial charge >= 0.3 is 0 Å². The van der Waals surface area contributed by atoms with Crippen molar-refractivity contribution in [3.05, 3.63) is 77.5 Å². The second kappa shape index (κ2) is 9.66. The van der Waals surface area contributed by atoms with Crippen LogP contribution in [0.2, 0.25) is 0 Å². The summed E-state index contributed by atoms with van der Waals surface area (Å²) >= 11 is 0. The van der Waals surface area contributed by atoms with Gasteiger partial charge in [-0.3, -0.25) is 9.69 Å². The van der Waals surface area contributed by atoms with Gasteiger partial charge in [0.1, 0.15) is 12.0 Å². The fourth-order valence-corrected chi connectivity index (χ4v) is 3.75. The molecule has 1 aliphatic heterocycles. The normalized spacial score (nSPS) is 14.5. The number of rotatable bonds is 7. The standard InChI is InChI=1S/C24H28N4O3/c1-18-5-3-6-19(13-18)15-25-24(29)22-17-31-23(26-22)16-27-9-11-28(12-10-27)20-7-4-8-21(14-20)30-2/h3-8,13-14,17H,9-12,15-16H2,1-2H3,(H,25,29). The maximum Gasteiger partial charge on any atom is 0.273 e. The zero-order valence-corrected chi connectivity index (χ0v) is 18.0. The molecule has 1 fully saturated rings. The number of hydrogen-bond donors (Lipinski definition) is 1. The molecular weight excluding hydrogens is 392 g/mol. The van der Waals surface area contributed by atoms with Crippen molar-refractivity contribution in [1.29, 1.82) is 0 Å². The summed E-state index contributed by atoms with van der Waals surface area (Å²) in [6.45, 7) is 6.72. The second-order valence-corrected chi connectivity index (χ2v) is 7.76. The van der Waals surface area contributed by atoms with Gasteiger partial charge in [-0.25, -0.2) is 4.98 Å². The number of carbonyl (C=O) groups excluding carboxylic acids is 1. The molecule has 0 bridgehead atoms. The molecule has 7 nitrogen and oxygen atoms in total. The highest BCUT2D eigenvalue weighted by atomic mass is 16.5. The molecule has 0 radical (unpaired) electrons. The monoisotopic (exact) mass is 420 g/mol. The largest absolute Gasteiger partial charge is 0.497 e. The Hall–Kier alpha value is -3.32. The van der Waals surface area contributed by atoms with E-state index >= 15 is 0 Å². The fourth-order valence-electron chi connectivity index (χ4n) is 3.75. The summed E-state index contributed by atoms with van der Waals surface area (Å²) in [6, 6.07) is 16.2. The lowest BCUT2D eigenvalue weighted by atomic mass is 10.1. The Morgan fingerprint density at radius 2 is 1.94 bits per heavy atom. The molecule has 31 heavy (non-hydrogen) atoms. The van der Waals surface area contributed by atoms with E-state index in [1.807, 2.05) is 37.3 Å². The molecule has 0 aliphatic carbocycles. The second-order valence-electron chi connectivity index (χ2n) is 7.76. The third-order valence-electron chi connectivity index (χ3n) is 5.47. The van der Waals surface area contributed by atoms with Crippen molar-refractivity contribution < 1.29 is 13.9 Å². The summed E-state index contributed by atoms with van der Waals surface area (Å²) in [5, 5.41) is 2.90. The molecular formula is C24H28N4O3. The third kappa shape index (κ3) is 5.44. The van der Waals surface area contributed by atoms with Gasteiger partial charge in [0.15, 0.2) is 5.69 Å². The van der Waals surface area contributed by atoms with Gasteiger partial charge in [-0.15, -0.1) is 0 Å². The van der Waals surface area contributed by atoms with E-state index in [0.29, 0.717) is 24.7 Å². The number of piperazine rings is 1. The van der Waals surface area contributed by atoms with Crippen LogP contribution in [0.4, 0.5) is 5.69 Å². The number of nitrogens with zero attached hydrogens (tertiary/aromatic N) is 3. The smallest absolute Gasteiger partial charge is 0.273 e. The first-order valence-corrected chi connectivity index (χ1v) is 10.5. The summed E-state index contributed by atoms with van der Waals surface area (Å²) in [6.07, 6.45) is 1.44. The average Bonchev–Trinajstić information content (AvgIpc) is 3.27. The van der Waals surface area contributed by atoms with E-state index in [0.717, 1.165) is 37.5 Å². The van der Waals surface area contributed by atoms with Gasteiger partial charge in [0, 0.05) is 44.5 Å². The van der Waals surface area contributed by atoms with Crippen LogP contribution < -0.4 is 15.0 Å². The summed E-state index contributed by atoms with van der Waals surface area (Å²) in [7, 11) is 1.69. The zero-order chi connectivity index (χ0) is 21.6. The number of hydrogen-bond acceptors (Lipinski definition) is 6. The first kappa shape index (κ1) is 20.9. The number of aryl methyl sites for hydroxylation is 1. The molecule has 0 unspecified atom stereocenters. The van der Waals surface area contributed by atoms with Gasteiger partial charge < -0.3 is 19.4 Å². The van der Waals surface area contributed by atoms with Crippen LogP contribution in [0.25, 0.3) is 0 Å². The number of oxazole rings is 1. The van der Waals surface area contributed by atoms with E-state index in [1.165, 1.54) is 17.5 Å². The van der Waals surface area contributed by atoms with Crippen LogP contribution in [0.1, 0.15) is 27.5 Å². The molecule has 1 aromatic heterocycles. The highest BCUT2D eigenvalue weighted by molar-refractivity contribution is 5.91. The van der Waals surface area contributed by atoms with Gasteiger partial charge in [-0.05, 0) is 24.6 Å². The molecule has 1 N–H and O–H groups in total. The minimum Gasteiger partial charge on any atom is -0.497 e. The summed E-state index contributed by atoms with van der Waals surface area (Å²) in [5.74, 6) is 1.21. The van der Waals surface area contributed by atoms with Crippen LogP contribution in [0.15, 0.2) is 59.2 Å². The number of amides is 1. The minimum absolute atomic E-state index is 0.223. The van der Waals surface area contributed by atoms with E-state index in [9.17, 15) is 4.79 Å². The van der Waals surface area contributed by atoms with E-state index < -0.39 is 0 Å². The quantitative estimate of drug-likeness (QED) is 0.633. The molecule has 0 atom stereocenters. The average molecular weight is 421 g/mol. The lowest BCUT2D eigenvalue weighted by Gasteiger charge is -2.35. The van der Waals surface area contributed by atoms with Gasteiger partial charge in [0.2, 0.25) is 5.89 Å². The summed E-state index contributed by atoms with van der Waals surface area (Å²) < 4.78 is 10.9. The molecule has 1 amide bonds. The molecule has 1 saturated heterocycles.